The Kier molecular flexibility index (Phi) is 8.04. The van der Waals surface area contributed by atoms with Crippen LogP contribution < -0.4 is 16.0 Å². The third-order valence-electron chi connectivity index (χ3n) is 4.99. The Morgan fingerprint density at radius 1 is 1.24 bits per heavy atom. The number of halogens is 3. The third kappa shape index (κ3) is 7.01. The maximum Gasteiger partial charge on any atom is 0.416 e. The van der Waals surface area contributed by atoms with E-state index in [1.807, 2.05) is 0 Å². The Morgan fingerprint density at radius 2 is 1.97 bits per heavy atom. The van der Waals surface area contributed by atoms with Crippen molar-refractivity contribution < 1.29 is 27.9 Å². The number of hydrogen-bond acceptors (Lipinski definition) is 4. The van der Waals surface area contributed by atoms with E-state index in [0.717, 1.165) is 31.0 Å². The zero-order valence-corrected chi connectivity index (χ0v) is 16.6. The Balaban J connectivity index is 1.86. The molecule has 1 aromatic carbocycles. The highest BCUT2D eigenvalue weighted by Gasteiger charge is 2.32. The number of aliphatic hydroxyl groups excluding tert-OH is 1. The zero-order chi connectivity index (χ0) is 21.6. The first-order valence-electron chi connectivity index (χ1n) is 9.72. The Morgan fingerprint density at radius 3 is 2.59 bits per heavy atom. The van der Waals surface area contributed by atoms with Crippen LogP contribution in [0.3, 0.4) is 0 Å². The van der Waals surface area contributed by atoms with Crippen molar-refractivity contribution in [1.82, 2.24) is 16.0 Å². The van der Waals surface area contributed by atoms with Crippen molar-refractivity contribution in [3.63, 3.8) is 0 Å². The summed E-state index contributed by atoms with van der Waals surface area (Å²) in [5.74, 6) is -1.29. The number of rotatable bonds is 7. The van der Waals surface area contributed by atoms with Crippen molar-refractivity contribution in [3.05, 3.63) is 35.4 Å². The minimum absolute atomic E-state index is 0.0577. The van der Waals surface area contributed by atoms with Gasteiger partial charge in [-0.1, -0.05) is 19.9 Å². The Hall–Kier alpha value is -2.13. The molecule has 0 unspecified atom stereocenters. The average molecular weight is 415 g/mol. The van der Waals surface area contributed by atoms with E-state index >= 15 is 0 Å². The fraction of sp³-hybridized carbons (Fsp3) is 0.600. The normalized spacial score (nSPS) is 22.4. The molecular formula is C20H28F3N3O3. The molecule has 2 rings (SSSR count). The van der Waals surface area contributed by atoms with Crippen molar-refractivity contribution in [2.75, 3.05) is 13.2 Å². The van der Waals surface area contributed by atoms with Gasteiger partial charge in [0.2, 0.25) is 5.91 Å². The first-order valence-corrected chi connectivity index (χ1v) is 9.72. The Labute approximate surface area is 168 Å². The van der Waals surface area contributed by atoms with E-state index in [2.05, 4.69) is 29.8 Å². The second-order valence-corrected chi connectivity index (χ2v) is 7.71. The molecule has 1 fully saturated rings. The lowest BCUT2D eigenvalue weighted by Gasteiger charge is -2.37. The van der Waals surface area contributed by atoms with Crippen molar-refractivity contribution in [3.8, 4) is 0 Å². The van der Waals surface area contributed by atoms with Crippen LogP contribution in [0.15, 0.2) is 24.3 Å². The maximum absolute atomic E-state index is 12.8. The van der Waals surface area contributed by atoms with Crippen LogP contribution in [0, 0.1) is 5.92 Å². The van der Waals surface area contributed by atoms with Crippen molar-refractivity contribution >= 4 is 11.8 Å². The van der Waals surface area contributed by atoms with E-state index in [0.29, 0.717) is 12.5 Å². The first kappa shape index (κ1) is 23.2. The van der Waals surface area contributed by atoms with Gasteiger partial charge in [-0.05, 0) is 37.5 Å². The van der Waals surface area contributed by atoms with Crippen LogP contribution in [0.25, 0.3) is 0 Å². The molecule has 0 aromatic heterocycles. The van der Waals surface area contributed by atoms with E-state index in [4.69, 9.17) is 0 Å². The highest BCUT2D eigenvalue weighted by molar-refractivity contribution is 5.96. The van der Waals surface area contributed by atoms with Gasteiger partial charge in [0, 0.05) is 36.2 Å². The molecule has 0 saturated heterocycles. The number of hydrogen-bond donors (Lipinski definition) is 4. The van der Waals surface area contributed by atoms with Gasteiger partial charge in [-0.15, -0.1) is 0 Å². The predicted molar refractivity (Wildman–Crippen MR) is 102 cm³/mol. The molecule has 162 valence electrons. The van der Waals surface area contributed by atoms with Crippen LogP contribution in [-0.4, -0.2) is 48.2 Å². The van der Waals surface area contributed by atoms with Crippen LogP contribution in [0.5, 0.6) is 0 Å². The molecule has 4 N–H and O–H groups in total. The second-order valence-electron chi connectivity index (χ2n) is 7.71. The van der Waals surface area contributed by atoms with Crippen molar-refractivity contribution in [1.29, 1.82) is 0 Å². The average Bonchev–Trinajstić information content (AvgIpc) is 2.66. The molecular weight excluding hydrogens is 387 g/mol. The predicted octanol–water partition coefficient (Wildman–Crippen LogP) is 2.08. The van der Waals surface area contributed by atoms with Gasteiger partial charge in [-0.3, -0.25) is 9.59 Å². The molecule has 0 bridgehead atoms. The molecule has 6 nitrogen and oxygen atoms in total. The van der Waals surface area contributed by atoms with Gasteiger partial charge < -0.3 is 21.1 Å². The molecule has 1 saturated carbocycles. The molecule has 29 heavy (non-hydrogen) atoms. The second kappa shape index (κ2) is 10.1. The van der Waals surface area contributed by atoms with Crippen LogP contribution in [0.4, 0.5) is 13.2 Å². The summed E-state index contributed by atoms with van der Waals surface area (Å²) in [4.78, 5) is 24.3. The molecule has 2 amide bonds. The molecule has 0 aliphatic heterocycles. The first-order chi connectivity index (χ1) is 13.6. The lowest BCUT2D eigenvalue weighted by Crippen LogP contribution is -2.51. The zero-order valence-electron chi connectivity index (χ0n) is 16.6. The lowest BCUT2D eigenvalue weighted by atomic mass is 9.81. The van der Waals surface area contributed by atoms with E-state index in [9.17, 15) is 27.9 Å². The van der Waals surface area contributed by atoms with Crippen LogP contribution >= 0.6 is 0 Å². The summed E-state index contributed by atoms with van der Waals surface area (Å²) in [6.07, 6.45) is -2.26. The van der Waals surface area contributed by atoms with E-state index in [-0.39, 0.29) is 36.7 Å². The fourth-order valence-electron chi connectivity index (χ4n) is 3.64. The molecule has 0 heterocycles. The smallest absolute Gasteiger partial charge is 0.396 e. The number of nitrogens with one attached hydrogen (secondary N) is 3. The summed E-state index contributed by atoms with van der Waals surface area (Å²) in [6.45, 7) is 3.69. The summed E-state index contributed by atoms with van der Waals surface area (Å²) in [6, 6.07) is 4.43. The number of carbonyl (C=O) groups excluding carboxylic acids is 2. The van der Waals surface area contributed by atoms with Crippen LogP contribution in [-0.2, 0) is 11.0 Å². The van der Waals surface area contributed by atoms with E-state index in [1.165, 1.54) is 6.07 Å². The highest BCUT2D eigenvalue weighted by atomic mass is 19.4. The van der Waals surface area contributed by atoms with Gasteiger partial charge in [0.05, 0.1) is 12.1 Å². The molecule has 1 aliphatic rings. The molecule has 1 aliphatic carbocycles. The molecule has 3 atom stereocenters. The van der Waals surface area contributed by atoms with E-state index < -0.39 is 23.6 Å². The highest BCUT2D eigenvalue weighted by Crippen LogP contribution is 2.29. The topological polar surface area (TPSA) is 90.5 Å². The summed E-state index contributed by atoms with van der Waals surface area (Å²) < 4.78 is 38.3. The van der Waals surface area contributed by atoms with Crippen molar-refractivity contribution in [2.24, 2.45) is 5.92 Å². The summed E-state index contributed by atoms with van der Waals surface area (Å²) in [7, 11) is 0. The minimum Gasteiger partial charge on any atom is -0.396 e. The third-order valence-corrected chi connectivity index (χ3v) is 4.99. The molecule has 0 radical (unpaired) electrons. The summed E-state index contributed by atoms with van der Waals surface area (Å²) in [5.41, 5.74) is -1.09. The SMILES string of the molecule is CC(C)N[C@@H]1CC[C@H](NC(=O)CNC(=O)c2cccc(C(F)(F)F)c2)[C@@H](CO)C1. The molecule has 0 spiro atoms. The number of benzene rings is 1. The fourth-order valence-corrected chi connectivity index (χ4v) is 3.64. The van der Waals surface area contributed by atoms with Gasteiger partial charge in [0.1, 0.15) is 0 Å². The monoisotopic (exact) mass is 415 g/mol. The molecule has 9 heteroatoms. The summed E-state index contributed by atoms with van der Waals surface area (Å²) >= 11 is 0. The largest absolute Gasteiger partial charge is 0.416 e. The number of aliphatic hydroxyl groups is 1. The number of alkyl halides is 3. The van der Waals surface area contributed by atoms with Gasteiger partial charge in [0.25, 0.3) is 5.91 Å². The lowest BCUT2D eigenvalue weighted by molar-refractivity contribution is -0.137. The minimum atomic E-state index is -4.55. The van der Waals surface area contributed by atoms with Gasteiger partial charge in [-0.25, -0.2) is 0 Å². The molecule has 1 aromatic rings. The van der Waals surface area contributed by atoms with Gasteiger partial charge in [-0.2, -0.15) is 13.2 Å². The van der Waals surface area contributed by atoms with Crippen molar-refractivity contribution in [2.45, 2.75) is 57.4 Å². The summed E-state index contributed by atoms with van der Waals surface area (Å²) in [5, 5.41) is 18.2. The standard InChI is InChI=1S/C20H28F3N3O3/c1-12(2)25-16-6-7-17(14(9-16)11-27)26-18(28)10-24-19(29)13-4-3-5-15(8-13)20(21,22)23/h3-5,8,12,14,16-17,25,27H,6-7,9-11H2,1-2H3,(H,24,29)(H,26,28)/t14-,16-,17+/m1/s1. The quantitative estimate of drug-likeness (QED) is 0.549. The number of carbonyl (C=O) groups is 2. The van der Waals surface area contributed by atoms with Gasteiger partial charge in [0.15, 0.2) is 0 Å². The van der Waals surface area contributed by atoms with Crippen LogP contribution in [0.1, 0.15) is 49.0 Å². The van der Waals surface area contributed by atoms with Gasteiger partial charge >= 0.3 is 6.18 Å². The Bertz CT molecular complexity index is 710. The number of amides is 2. The maximum atomic E-state index is 12.8. The van der Waals surface area contributed by atoms with E-state index in [1.54, 1.807) is 0 Å². The van der Waals surface area contributed by atoms with Crippen LogP contribution in [0.2, 0.25) is 0 Å².